The average molecular weight is 534 g/mol. The van der Waals surface area contributed by atoms with Gasteiger partial charge in [-0.15, -0.1) is 0 Å². The summed E-state index contributed by atoms with van der Waals surface area (Å²) in [7, 11) is -4.02. The van der Waals surface area contributed by atoms with Crippen LogP contribution in [-0.4, -0.2) is 29.6 Å². The van der Waals surface area contributed by atoms with Gasteiger partial charge < -0.3 is 4.57 Å². The zero-order valence-electron chi connectivity index (χ0n) is 19.7. The molecule has 1 saturated carbocycles. The predicted molar refractivity (Wildman–Crippen MR) is 123 cm³/mol. The van der Waals surface area contributed by atoms with Gasteiger partial charge >= 0.3 is 6.18 Å². The number of nitrogens with zero attached hydrogens (tertiary/aromatic N) is 2. The number of aromatic nitrogens is 2. The summed E-state index contributed by atoms with van der Waals surface area (Å²) >= 11 is 0. The molecule has 0 amide bonds. The normalized spacial score (nSPS) is 16.2. The summed E-state index contributed by atoms with van der Waals surface area (Å²) in [6, 6.07) is 0.837. The van der Waals surface area contributed by atoms with Crippen LogP contribution in [0.2, 0.25) is 0 Å². The van der Waals surface area contributed by atoms with Gasteiger partial charge in [0.05, 0.1) is 10.8 Å². The summed E-state index contributed by atoms with van der Waals surface area (Å²) in [5.74, 6) is -1.08. The van der Waals surface area contributed by atoms with E-state index in [1.54, 1.807) is 0 Å². The first-order valence-electron chi connectivity index (χ1n) is 11.2. The molecule has 4 rings (SSSR count). The maximum absolute atomic E-state index is 15.3. The molecule has 0 radical (unpaired) electrons. The molecule has 2 heterocycles. The van der Waals surface area contributed by atoms with Crippen LogP contribution in [0.25, 0.3) is 22.0 Å². The largest absolute Gasteiger partial charge is 0.417 e. The van der Waals surface area contributed by atoms with Crippen LogP contribution in [0.5, 0.6) is 0 Å². The fraction of sp³-hybridized carbons (Fsp3) is 0.458. The summed E-state index contributed by atoms with van der Waals surface area (Å²) < 4.78 is 113. The van der Waals surface area contributed by atoms with Crippen molar-refractivity contribution < 1.29 is 34.8 Å². The Hall–Kier alpha value is -2.60. The van der Waals surface area contributed by atoms with Crippen molar-refractivity contribution in [3.05, 3.63) is 53.7 Å². The van der Waals surface area contributed by atoms with Crippen LogP contribution < -0.4 is 4.72 Å². The lowest BCUT2D eigenvalue weighted by Crippen LogP contribution is -2.35. The number of hydrogen-bond donors (Lipinski definition) is 1. The summed E-state index contributed by atoms with van der Waals surface area (Å²) in [4.78, 5) is 3.71. The molecule has 0 bridgehead atoms. The molecule has 0 unspecified atom stereocenters. The summed E-state index contributed by atoms with van der Waals surface area (Å²) in [6.45, 7) is 5.85. The summed E-state index contributed by atoms with van der Waals surface area (Å²) in [5, 5.41) is -0.766. The molecule has 1 atom stereocenters. The molecule has 1 aromatic carbocycles. The van der Waals surface area contributed by atoms with Crippen LogP contribution in [0.1, 0.15) is 50.8 Å². The lowest BCUT2D eigenvalue weighted by atomic mass is 9.96. The zero-order chi connectivity index (χ0) is 26.6. The number of nitrogens with one attached hydrogen (secondary N) is 1. The Morgan fingerprint density at radius 3 is 2.36 bits per heavy atom. The Labute approximate surface area is 204 Å². The van der Waals surface area contributed by atoms with Crippen molar-refractivity contribution in [2.75, 3.05) is 0 Å². The maximum Gasteiger partial charge on any atom is 0.417 e. The average Bonchev–Trinajstić information content (AvgIpc) is 3.55. The number of alkyl halides is 5. The van der Waals surface area contributed by atoms with Gasteiger partial charge in [-0.3, -0.25) is 4.98 Å². The number of pyridine rings is 1. The van der Waals surface area contributed by atoms with Gasteiger partial charge in [0.25, 0.3) is 6.43 Å². The second-order valence-electron chi connectivity index (χ2n) is 10.2. The van der Waals surface area contributed by atoms with Gasteiger partial charge in [-0.2, -0.15) is 13.2 Å². The molecule has 1 aliphatic carbocycles. The van der Waals surface area contributed by atoms with Gasteiger partial charge in [-0.25, -0.2) is 26.3 Å². The maximum atomic E-state index is 15.3. The Kier molecular flexibility index (Phi) is 6.66. The van der Waals surface area contributed by atoms with E-state index in [0.29, 0.717) is 12.8 Å². The van der Waals surface area contributed by atoms with Gasteiger partial charge in [0.2, 0.25) is 10.0 Å². The molecule has 0 aliphatic heterocycles. The second-order valence-corrected chi connectivity index (χ2v) is 12.2. The lowest BCUT2D eigenvalue weighted by Gasteiger charge is -2.20. The highest BCUT2D eigenvalue weighted by molar-refractivity contribution is 7.90. The minimum absolute atomic E-state index is 0.0123. The molecule has 0 saturated heterocycles. The number of rotatable bonds is 7. The Morgan fingerprint density at radius 1 is 1.14 bits per heavy atom. The molecule has 1 N–H and O–H groups in total. The molecule has 2 aromatic heterocycles. The molecule has 12 heteroatoms. The standard InChI is InChI=1S/C24H25F6N3O2S/c1-23(2,3)12-33-11-17(21(22(26)27)32-36(34,35)13-4-5-13)15-8-19(25)14(9-20(15)33)16-10-31-7-6-18(16)24(28,29)30/h6-11,13,21-22,32H,4-5,12H2,1-3H3/t21-/m0/s1. The molecule has 1 aliphatic rings. The van der Waals surface area contributed by atoms with Gasteiger partial charge in [0.15, 0.2) is 0 Å². The zero-order valence-corrected chi connectivity index (χ0v) is 20.5. The molecular formula is C24H25F6N3O2S. The smallest absolute Gasteiger partial charge is 0.347 e. The van der Waals surface area contributed by atoms with Crippen molar-refractivity contribution in [2.24, 2.45) is 5.41 Å². The van der Waals surface area contributed by atoms with Crippen LogP contribution >= 0.6 is 0 Å². The van der Waals surface area contributed by atoms with E-state index in [1.807, 2.05) is 20.8 Å². The van der Waals surface area contributed by atoms with Crippen molar-refractivity contribution >= 4 is 20.9 Å². The highest BCUT2D eigenvalue weighted by atomic mass is 32.2. The number of halogens is 6. The summed E-state index contributed by atoms with van der Waals surface area (Å²) in [5.41, 5.74) is -2.32. The Balaban J connectivity index is 1.94. The minimum atomic E-state index is -4.78. The molecule has 3 aromatic rings. The first-order valence-corrected chi connectivity index (χ1v) is 12.8. The van der Waals surface area contributed by atoms with Crippen LogP contribution in [0.3, 0.4) is 0 Å². The van der Waals surface area contributed by atoms with Crippen molar-refractivity contribution in [3.8, 4) is 11.1 Å². The Bertz CT molecular complexity index is 1390. The van der Waals surface area contributed by atoms with Gasteiger partial charge in [0, 0.05) is 52.7 Å². The monoisotopic (exact) mass is 533 g/mol. The molecule has 5 nitrogen and oxygen atoms in total. The fourth-order valence-electron chi connectivity index (χ4n) is 4.19. The molecule has 0 spiro atoms. The van der Waals surface area contributed by atoms with E-state index in [0.717, 1.165) is 24.5 Å². The molecular weight excluding hydrogens is 508 g/mol. The van der Waals surface area contributed by atoms with E-state index >= 15 is 4.39 Å². The predicted octanol–water partition coefficient (Wildman–Crippen LogP) is 6.30. The number of hydrogen-bond acceptors (Lipinski definition) is 3. The number of sulfonamides is 1. The minimum Gasteiger partial charge on any atom is -0.347 e. The van der Waals surface area contributed by atoms with Crippen molar-refractivity contribution in [1.82, 2.24) is 14.3 Å². The van der Waals surface area contributed by atoms with Gasteiger partial charge in [0.1, 0.15) is 11.9 Å². The topological polar surface area (TPSA) is 64.0 Å². The van der Waals surface area contributed by atoms with Crippen molar-refractivity contribution in [2.45, 2.75) is 64.1 Å². The number of benzene rings is 1. The Morgan fingerprint density at radius 2 is 1.81 bits per heavy atom. The second kappa shape index (κ2) is 9.05. The molecule has 36 heavy (non-hydrogen) atoms. The van der Waals surface area contributed by atoms with E-state index in [4.69, 9.17) is 0 Å². The van der Waals surface area contributed by atoms with Crippen LogP contribution in [0, 0.1) is 11.2 Å². The third-order valence-electron chi connectivity index (χ3n) is 5.90. The van der Waals surface area contributed by atoms with E-state index in [9.17, 15) is 30.4 Å². The van der Waals surface area contributed by atoms with Gasteiger partial charge in [-0.05, 0) is 36.5 Å². The van der Waals surface area contributed by atoms with Crippen LogP contribution in [-0.2, 0) is 22.7 Å². The quantitative estimate of drug-likeness (QED) is 0.363. The van der Waals surface area contributed by atoms with Crippen LogP contribution in [0.15, 0.2) is 36.8 Å². The van der Waals surface area contributed by atoms with E-state index in [1.165, 1.54) is 16.8 Å². The van der Waals surface area contributed by atoms with Crippen molar-refractivity contribution in [1.29, 1.82) is 0 Å². The SMILES string of the molecule is CC(C)(C)Cn1cc([C@H](NS(=O)(=O)C2CC2)C(F)F)c2cc(F)c(-c3cnccc3C(F)(F)F)cc21. The van der Waals surface area contributed by atoms with E-state index in [2.05, 4.69) is 9.71 Å². The highest BCUT2D eigenvalue weighted by Crippen LogP contribution is 2.41. The fourth-order valence-corrected chi connectivity index (χ4v) is 5.73. The lowest BCUT2D eigenvalue weighted by molar-refractivity contribution is -0.137. The third kappa shape index (κ3) is 5.39. The molecule has 196 valence electrons. The first kappa shape index (κ1) is 26.5. The van der Waals surface area contributed by atoms with E-state index < -0.39 is 61.8 Å². The number of fused-ring (bicyclic) bond motifs is 1. The van der Waals surface area contributed by atoms with Crippen molar-refractivity contribution in [3.63, 3.8) is 0 Å². The van der Waals surface area contributed by atoms with Gasteiger partial charge in [-0.1, -0.05) is 20.8 Å². The first-order chi connectivity index (χ1) is 16.6. The van der Waals surface area contributed by atoms with Crippen LogP contribution in [0.4, 0.5) is 26.3 Å². The summed E-state index contributed by atoms with van der Waals surface area (Å²) in [6.07, 6.45) is -4.04. The highest BCUT2D eigenvalue weighted by Gasteiger charge is 2.40. The molecule has 1 fully saturated rings. The third-order valence-corrected chi connectivity index (χ3v) is 7.84. The van der Waals surface area contributed by atoms with E-state index in [-0.39, 0.29) is 23.0 Å².